The van der Waals surface area contributed by atoms with E-state index in [4.69, 9.17) is 4.98 Å². The van der Waals surface area contributed by atoms with Crippen molar-refractivity contribution < 1.29 is 0 Å². The van der Waals surface area contributed by atoms with E-state index in [1.807, 2.05) is 41.8 Å². The Morgan fingerprint density at radius 2 is 1.87 bits per heavy atom. The summed E-state index contributed by atoms with van der Waals surface area (Å²) in [6.07, 6.45) is 4.40. The first-order chi connectivity index (χ1) is 19.1. The van der Waals surface area contributed by atoms with E-state index in [-0.39, 0.29) is 5.56 Å². The molecular weight excluding hydrogens is 510 g/mol. The number of nitrogens with one attached hydrogen (secondary N) is 1. The third-order valence-electron chi connectivity index (χ3n) is 7.51. The van der Waals surface area contributed by atoms with Crippen molar-refractivity contribution in [3.8, 4) is 5.13 Å². The molecule has 1 N–H and O–H groups in total. The normalized spacial score (nSPS) is 16.5. The summed E-state index contributed by atoms with van der Waals surface area (Å²) in [6, 6.07) is 16.7. The molecule has 1 unspecified atom stereocenters. The Hall–Kier alpha value is -4.35. The van der Waals surface area contributed by atoms with Crippen molar-refractivity contribution in [1.29, 1.82) is 0 Å². The molecule has 1 atom stereocenters. The smallest absolute Gasteiger partial charge is 0.284 e. The van der Waals surface area contributed by atoms with Gasteiger partial charge in [-0.3, -0.25) is 9.69 Å². The van der Waals surface area contributed by atoms with Crippen LogP contribution in [0.5, 0.6) is 0 Å². The lowest BCUT2D eigenvalue weighted by atomic mass is 10.1. The highest BCUT2D eigenvalue weighted by Gasteiger charge is 2.23. The zero-order valence-corrected chi connectivity index (χ0v) is 22.5. The zero-order chi connectivity index (χ0) is 26.5. The summed E-state index contributed by atoms with van der Waals surface area (Å²) in [4.78, 5) is 36.9. The first-order valence-corrected chi connectivity index (χ1v) is 13.9. The molecule has 196 valence electrons. The van der Waals surface area contributed by atoms with Gasteiger partial charge in [0, 0.05) is 60.2 Å². The lowest BCUT2D eigenvalue weighted by Crippen LogP contribution is -2.51. The lowest BCUT2D eigenvalue weighted by molar-refractivity contribution is 0.213. The quantitative estimate of drug-likeness (QED) is 0.348. The summed E-state index contributed by atoms with van der Waals surface area (Å²) in [5.41, 5.74) is 3.57. The molecule has 7 rings (SSSR count). The average Bonchev–Trinajstić information content (AvgIpc) is 3.60. The summed E-state index contributed by atoms with van der Waals surface area (Å²) in [5, 5.41) is 7.04. The minimum atomic E-state index is -0.241. The first kappa shape index (κ1) is 23.7. The number of rotatable bonds is 5. The molecule has 4 aromatic heterocycles. The Bertz CT molecular complexity index is 1860. The maximum Gasteiger partial charge on any atom is 0.284 e. The lowest BCUT2D eigenvalue weighted by Gasteiger charge is -2.40. The molecule has 1 aliphatic rings. The topological polar surface area (TPSA) is 96.5 Å². The van der Waals surface area contributed by atoms with Crippen molar-refractivity contribution in [2.24, 2.45) is 0 Å². The fourth-order valence-corrected chi connectivity index (χ4v) is 6.00. The summed E-state index contributed by atoms with van der Waals surface area (Å²) < 4.78 is 3.36. The minimum Gasteiger partial charge on any atom is -0.369 e. The maximum atomic E-state index is 13.7. The molecule has 0 saturated carbocycles. The SMILES string of the molecule is CCC1CN(c2ccc(Nc3ncc4c(=O)n5c(nc4n3)c3ccccc3n5-c3nccs3)cc2)CCN1C. The van der Waals surface area contributed by atoms with Crippen LogP contribution in [0.15, 0.2) is 71.1 Å². The van der Waals surface area contributed by atoms with Gasteiger partial charge in [-0.05, 0) is 49.9 Å². The highest BCUT2D eigenvalue weighted by atomic mass is 32.1. The van der Waals surface area contributed by atoms with Crippen LogP contribution in [0.25, 0.3) is 32.7 Å². The maximum absolute atomic E-state index is 13.7. The van der Waals surface area contributed by atoms with Gasteiger partial charge >= 0.3 is 0 Å². The summed E-state index contributed by atoms with van der Waals surface area (Å²) >= 11 is 1.46. The Kier molecular flexibility index (Phi) is 5.75. The number of benzene rings is 2. The van der Waals surface area contributed by atoms with E-state index in [1.165, 1.54) is 17.0 Å². The Labute approximate surface area is 228 Å². The van der Waals surface area contributed by atoms with Crippen molar-refractivity contribution in [3.05, 3.63) is 76.7 Å². The van der Waals surface area contributed by atoms with Gasteiger partial charge in [0.05, 0.1) is 5.52 Å². The van der Waals surface area contributed by atoms with Gasteiger partial charge in [0.15, 0.2) is 11.3 Å². The molecule has 1 fully saturated rings. The van der Waals surface area contributed by atoms with E-state index in [2.05, 4.69) is 56.2 Å². The van der Waals surface area contributed by atoms with Crippen molar-refractivity contribution in [2.75, 3.05) is 36.9 Å². The number of anilines is 3. The monoisotopic (exact) mass is 537 g/mol. The number of piperazine rings is 1. The molecule has 0 aliphatic carbocycles. The number of para-hydroxylation sites is 1. The molecule has 1 saturated heterocycles. The van der Waals surface area contributed by atoms with Gasteiger partial charge in [-0.25, -0.2) is 19.6 Å². The van der Waals surface area contributed by atoms with Gasteiger partial charge in [-0.15, -0.1) is 11.3 Å². The predicted octanol–water partition coefficient (Wildman–Crippen LogP) is 4.31. The van der Waals surface area contributed by atoms with Crippen molar-refractivity contribution in [1.82, 2.24) is 34.0 Å². The summed E-state index contributed by atoms with van der Waals surface area (Å²) in [6.45, 7) is 5.35. The van der Waals surface area contributed by atoms with E-state index in [0.717, 1.165) is 42.6 Å². The molecule has 0 bridgehead atoms. The Morgan fingerprint density at radius 3 is 2.67 bits per heavy atom. The Balaban J connectivity index is 1.23. The van der Waals surface area contributed by atoms with Crippen LogP contribution in [0, 0.1) is 0 Å². The molecule has 0 spiro atoms. The van der Waals surface area contributed by atoms with E-state index in [9.17, 15) is 4.79 Å². The van der Waals surface area contributed by atoms with E-state index in [1.54, 1.807) is 21.6 Å². The van der Waals surface area contributed by atoms with Gasteiger partial charge in [0.1, 0.15) is 5.39 Å². The highest BCUT2D eigenvalue weighted by Crippen LogP contribution is 2.26. The second-order valence-electron chi connectivity index (χ2n) is 9.79. The molecule has 0 radical (unpaired) electrons. The van der Waals surface area contributed by atoms with Gasteiger partial charge < -0.3 is 10.2 Å². The predicted molar refractivity (Wildman–Crippen MR) is 156 cm³/mol. The van der Waals surface area contributed by atoms with E-state index < -0.39 is 0 Å². The van der Waals surface area contributed by atoms with Gasteiger partial charge in [-0.1, -0.05) is 19.1 Å². The zero-order valence-electron chi connectivity index (χ0n) is 21.7. The fraction of sp³-hybridized carbons (Fsp3) is 0.250. The molecule has 5 heterocycles. The number of nitrogens with zero attached hydrogens (tertiary/aromatic N) is 8. The first-order valence-electron chi connectivity index (χ1n) is 13.0. The fourth-order valence-electron chi connectivity index (χ4n) is 5.36. The summed E-state index contributed by atoms with van der Waals surface area (Å²) in [7, 11) is 2.20. The standard InChI is InChI=1S/C28H27N9OS/c1-3-19-17-35(14-13-34(19)2)20-10-8-18(9-11-20)31-27-30-16-22-24(33-27)32-25-21-6-4-5-7-23(21)36(37(25)26(22)38)28-29-12-15-39-28/h4-12,15-16,19H,3,13-14,17H2,1-2H3,(H,30,31,33). The van der Waals surface area contributed by atoms with E-state index >= 15 is 0 Å². The van der Waals surface area contributed by atoms with Crippen LogP contribution in [0.1, 0.15) is 13.3 Å². The second kappa shape index (κ2) is 9.44. The van der Waals surface area contributed by atoms with Crippen molar-refractivity contribution in [2.45, 2.75) is 19.4 Å². The van der Waals surface area contributed by atoms with Crippen LogP contribution in [-0.4, -0.2) is 66.8 Å². The number of aromatic nitrogens is 6. The molecule has 11 heteroatoms. The van der Waals surface area contributed by atoms with Crippen LogP contribution < -0.4 is 15.8 Å². The largest absolute Gasteiger partial charge is 0.369 e. The molecule has 0 amide bonds. The van der Waals surface area contributed by atoms with Crippen molar-refractivity contribution in [3.63, 3.8) is 0 Å². The molecule has 6 aromatic rings. The van der Waals surface area contributed by atoms with E-state index in [0.29, 0.717) is 33.8 Å². The average molecular weight is 538 g/mol. The minimum absolute atomic E-state index is 0.241. The molecule has 1 aliphatic heterocycles. The number of hydrogen-bond acceptors (Lipinski definition) is 9. The van der Waals surface area contributed by atoms with Crippen molar-refractivity contribution >= 4 is 56.2 Å². The third-order valence-corrected chi connectivity index (χ3v) is 8.26. The molecule has 10 nitrogen and oxygen atoms in total. The molecule has 39 heavy (non-hydrogen) atoms. The van der Waals surface area contributed by atoms with Gasteiger partial charge in [-0.2, -0.15) is 9.50 Å². The Morgan fingerprint density at radius 1 is 1.03 bits per heavy atom. The third kappa shape index (κ3) is 4.01. The van der Waals surface area contributed by atoms with Crippen LogP contribution in [0.2, 0.25) is 0 Å². The van der Waals surface area contributed by atoms with Crippen LogP contribution in [-0.2, 0) is 0 Å². The van der Waals surface area contributed by atoms with Crippen LogP contribution in [0.3, 0.4) is 0 Å². The van der Waals surface area contributed by atoms with Gasteiger partial charge in [0.2, 0.25) is 11.1 Å². The number of fused-ring (bicyclic) bond motifs is 4. The number of thiazole rings is 1. The summed E-state index contributed by atoms with van der Waals surface area (Å²) in [5.74, 6) is 0.390. The number of hydrogen-bond donors (Lipinski definition) is 1. The molecule has 2 aromatic carbocycles. The van der Waals surface area contributed by atoms with Crippen LogP contribution in [0.4, 0.5) is 17.3 Å². The second-order valence-corrected chi connectivity index (χ2v) is 10.7. The van der Waals surface area contributed by atoms with Gasteiger partial charge in [0.25, 0.3) is 5.56 Å². The number of likely N-dealkylation sites (N-methyl/N-ethyl adjacent to an activating group) is 1. The highest BCUT2D eigenvalue weighted by molar-refractivity contribution is 7.12. The van der Waals surface area contributed by atoms with Crippen LogP contribution >= 0.6 is 11.3 Å². The molecular formula is C28H27N9OS.